The van der Waals surface area contributed by atoms with Gasteiger partial charge >= 0.3 is 0 Å². The quantitative estimate of drug-likeness (QED) is 0.744. The Morgan fingerprint density at radius 3 is 2.85 bits per heavy atom. The van der Waals surface area contributed by atoms with Crippen LogP contribution in [0.2, 0.25) is 0 Å². The van der Waals surface area contributed by atoms with Gasteiger partial charge in [-0.2, -0.15) is 11.8 Å². The molecule has 0 aromatic rings. The second-order valence-electron chi connectivity index (χ2n) is 3.36. The number of ether oxygens (including phenoxy) is 1. The highest BCUT2D eigenvalue weighted by Gasteiger charge is 2.26. The summed E-state index contributed by atoms with van der Waals surface area (Å²) in [4.78, 5) is 11.5. The highest BCUT2D eigenvalue weighted by Crippen LogP contribution is 2.14. The van der Waals surface area contributed by atoms with Gasteiger partial charge < -0.3 is 10.1 Å². The number of hydrogen-bond acceptors (Lipinski definition) is 3. The summed E-state index contributed by atoms with van der Waals surface area (Å²) in [5.74, 6) is 0.120. The molecule has 4 heteroatoms. The van der Waals surface area contributed by atoms with Crippen LogP contribution in [0.5, 0.6) is 0 Å². The molecule has 1 N–H and O–H groups in total. The van der Waals surface area contributed by atoms with Gasteiger partial charge in [-0.3, -0.25) is 4.79 Å². The van der Waals surface area contributed by atoms with E-state index < -0.39 is 0 Å². The van der Waals surface area contributed by atoms with Gasteiger partial charge in [0.15, 0.2) is 0 Å². The molecule has 0 aromatic carbocycles. The van der Waals surface area contributed by atoms with Gasteiger partial charge in [-0.25, -0.2) is 0 Å². The Morgan fingerprint density at radius 2 is 2.38 bits per heavy atom. The van der Waals surface area contributed by atoms with Gasteiger partial charge in [0.05, 0.1) is 17.4 Å². The zero-order valence-electron chi connectivity index (χ0n) is 8.37. The molecular formula is C9H17NO2S. The number of carbonyl (C=O) groups excluding carboxylic acids is 1. The Labute approximate surface area is 83.6 Å². The van der Waals surface area contributed by atoms with Crippen LogP contribution >= 0.6 is 11.8 Å². The predicted octanol–water partition coefficient (Wildman–Crippen LogP) is 1.03. The van der Waals surface area contributed by atoms with E-state index >= 15 is 0 Å². The number of rotatable bonds is 3. The van der Waals surface area contributed by atoms with Gasteiger partial charge in [0, 0.05) is 6.61 Å². The standard InChI is InChI=1S/C9H17NO2S/c1-6-8(4-5-12-6)10-9(11)7(2)13-3/h6-8H,4-5H2,1-3H3,(H,10,11). The van der Waals surface area contributed by atoms with Crippen LogP contribution in [0.25, 0.3) is 0 Å². The first-order valence-corrected chi connectivity index (χ1v) is 5.88. The highest BCUT2D eigenvalue weighted by molar-refractivity contribution is 7.99. The maximum atomic E-state index is 11.5. The van der Waals surface area contributed by atoms with Crippen LogP contribution in [0.15, 0.2) is 0 Å². The maximum Gasteiger partial charge on any atom is 0.233 e. The minimum absolute atomic E-state index is 0.0350. The van der Waals surface area contributed by atoms with Crippen molar-refractivity contribution in [3.8, 4) is 0 Å². The summed E-state index contributed by atoms with van der Waals surface area (Å²) in [6, 6.07) is 0.210. The molecule has 1 fully saturated rings. The lowest BCUT2D eigenvalue weighted by Crippen LogP contribution is -2.42. The molecular weight excluding hydrogens is 186 g/mol. The molecule has 1 aliphatic heterocycles. The highest BCUT2D eigenvalue weighted by atomic mass is 32.2. The SMILES string of the molecule is CSC(C)C(=O)NC1CCOC1C. The number of nitrogens with one attached hydrogen (secondary N) is 1. The minimum atomic E-state index is 0.0350. The summed E-state index contributed by atoms with van der Waals surface area (Å²) in [6.07, 6.45) is 3.05. The topological polar surface area (TPSA) is 38.3 Å². The molecule has 0 aliphatic carbocycles. The van der Waals surface area contributed by atoms with Crippen LogP contribution in [-0.2, 0) is 9.53 Å². The van der Waals surface area contributed by atoms with Gasteiger partial charge in [0.25, 0.3) is 0 Å². The molecule has 1 aliphatic rings. The fraction of sp³-hybridized carbons (Fsp3) is 0.889. The average Bonchev–Trinajstić information content (AvgIpc) is 2.50. The van der Waals surface area contributed by atoms with E-state index in [9.17, 15) is 4.79 Å². The Morgan fingerprint density at radius 1 is 1.69 bits per heavy atom. The van der Waals surface area contributed by atoms with Crippen molar-refractivity contribution in [3.05, 3.63) is 0 Å². The molecule has 1 amide bonds. The fourth-order valence-corrected chi connectivity index (χ4v) is 1.61. The smallest absolute Gasteiger partial charge is 0.233 e. The lowest BCUT2D eigenvalue weighted by Gasteiger charge is -2.18. The van der Waals surface area contributed by atoms with Crippen LogP contribution in [0, 0.1) is 0 Å². The molecule has 3 atom stereocenters. The van der Waals surface area contributed by atoms with Crippen molar-refractivity contribution < 1.29 is 9.53 Å². The Kier molecular flexibility index (Phi) is 4.06. The van der Waals surface area contributed by atoms with Crippen molar-refractivity contribution in [1.82, 2.24) is 5.32 Å². The normalized spacial score (nSPS) is 30.1. The van der Waals surface area contributed by atoms with Crippen molar-refractivity contribution in [3.63, 3.8) is 0 Å². The first-order valence-electron chi connectivity index (χ1n) is 4.60. The van der Waals surface area contributed by atoms with E-state index in [4.69, 9.17) is 4.74 Å². The monoisotopic (exact) mass is 203 g/mol. The van der Waals surface area contributed by atoms with Gasteiger partial charge in [0.1, 0.15) is 0 Å². The van der Waals surface area contributed by atoms with Crippen LogP contribution < -0.4 is 5.32 Å². The summed E-state index contributed by atoms with van der Waals surface area (Å²) < 4.78 is 5.36. The second kappa shape index (κ2) is 4.86. The molecule has 0 saturated carbocycles. The number of thioether (sulfide) groups is 1. The molecule has 76 valence electrons. The van der Waals surface area contributed by atoms with E-state index in [1.54, 1.807) is 11.8 Å². The largest absolute Gasteiger partial charge is 0.376 e. The van der Waals surface area contributed by atoms with E-state index in [1.807, 2.05) is 20.1 Å². The fourth-order valence-electron chi connectivity index (χ4n) is 1.33. The number of carbonyl (C=O) groups is 1. The molecule has 1 heterocycles. The number of amides is 1. The van der Waals surface area contributed by atoms with E-state index in [-0.39, 0.29) is 23.3 Å². The lowest BCUT2D eigenvalue weighted by molar-refractivity contribution is -0.121. The minimum Gasteiger partial charge on any atom is -0.376 e. The summed E-state index contributed by atoms with van der Waals surface area (Å²) in [5.41, 5.74) is 0. The third-order valence-corrected chi connectivity index (χ3v) is 3.35. The van der Waals surface area contributed by atoms with Gasteiger partial charge in [-0.15, -0.1) is 0 Å². The van der Waals surface area contributed by atoms with Crippen molar-refractivity contribution in [1.29, 1.82) is 0 Å². The summed E-state index contributed by atoms with van der Waals surface area (Å²) >= 11 is 1.56. The zero-order valence-corrected chi connectivity index (χ0v) is 9.19. The molecule has 1 rings (SSSR count). The Hall–Kier alpha value is -0.220. The van der Waals surface area contributed by atoms with Crippen LogP contribution in [0.1, 0.15) is 20.3 Å². The second-order valence-corrected chi connectivity index (χ2v) is 4.54. The maximum absolute atomic E-state index is 11.5. The van der Waals surface area contributed by atoms with Crippen LogP contribution in [0.3, 0.4) is 0 Å². The third-order valence-electron chi connectivity index (χ3n) is 2.43. The summed E-state index contributed by atoms with van der Waals surface area (Å²) in [5, 5.41) is 3.03. The van der Waals surface area contributed by atoms with Crippen molar-refractivity contribution in [2.45, 2.75) is 37.7 Å². The Bertz CT molecular complexity index is 186. The predicted molar refractivity (Wildman–Crippen MR) is 54.9 cm³/mol. The zero-order chi connectivity index (χ0) is 9.84. The Balaban J connectivity index is 2.35. The molecule has 0 spiro atoms. The average molecular weight is 203 g/mol. The van der Waals surface area contributed by atoms with Gasteiger partial charge in [-0.1, -0.05) is 0 Å². The first kappa shape index (κ1) is 10.9. The van der Waals surface area contributed by atoms with Crippen molar-refractivity contribution >= 4 is 17.7 Å². The van der Waals surface area contributed by atoms with E-state index in [0.29, 0.717) is 0 Å². The molecule has 0 bridgehead atoms. The van der Waals surface area contributed by atoms with Gasteiger partial charge in [0.2, 0.25) is 5.91 Å². The molecule has 0 radical (unpaired) electrons. The molecule has 13 heavy (non-hydrogen) atoms. The molecule has 3 unspecified atom stereocenters. The van der Waals surface area contributed by atoms with Crippen LogP contribution in [-0.4, -0.2) is 36.2 Å². The van der Waals surface area contributed by atoms with Crippen molar-refractivity contribution in [2.24, 2.45) is 0 Å². The van der Waals surface area contributed by atoms with Crippen LogP contribution in [0.4, 0.5) is 0 Å². The first-order chi connectivity index (χ1) is 6.15. The molecule has 0 aromatic heterocycles. The van der Waals surface area contributed by atoms with Crippen molar-refractivity contribution in [2.75, 3.05) is 12.9 Å². The number of hydrogen-bond donors (Lipinski definition) is 1. The summed E-state index contributed by atoms with van der Waals surface area (Å²) in [7, 11) is 0. The third kappa shape index (κ3) is 2.88. The lowest BCUT2D eigenvalue weighted by atomic mass is 10.1. The molecule has 3 nitrogen and oxygen atoms in total. The van der Waals surface area contributed by atoms with E-state index in [0.717, 1.165) is 13.0 Å². The van der Waals surface area contributed by atoms with Gasteiger partial charge in [-0.05, 0) is 26.5 Å². The van der Waals surface area contributed by atoms with E-state index in [2.05, 4.69) is 5.32 Å². The molecule has 1 saturated heterocycles. The van der Waals surface area contributed by atoms with E-state index in [1.165, 1.54) is 0 Å². The summed E-state index contributed by atoms with van der Waals surface area (Å²) in [6.45, 7) is 4.68.